The normalized spacial score (nSPS) is 11.2. The highest BCUT2D eigenvalue weighted by molar-refractivity contribution is 5.92. The van der Waals surface area contributed by atoms with E-state index >= 15 is 0 Å². The van der Waals surface area contributed by atoms with Gasteiger partial charge in [-0.2, -0.15) is 9.78 Å². The lowest BCUT2D eigenvalue weighted by atomic mass is 10.2. The molecule has 224 valence electrons. The number of fused-ring (bicyclic) bond motifs is 2. The third-order valence-corrected chi connectivity index (χ3v) is 6.67. The molecule has 1 amide bonds. The summed E-state index contributed by atoms with van der Waals surface area (Å²) in [6.07, 6.45) is 1.24. The summed E-state index contributed by atoms with van der Waals surface area (Å²) in [5.41, 5.74) is 0.544. The van der Waals surface area contributed by atoms with E-state index in [2.05, 4.69) is 15.4 Å². The molecule has 1 N–H and O–H groups in total. The van der Waals surface area contributed by atoms with Crippen molar-refractivity contribution in [1.29, 1.82) is 0 Å². The van der Waals surface area contributed by atoms with E-state index in [4.69, 9.17) is 13.9 Å². The first-order valence-corrected chi connectivity index (χ1v) is 13.4. The summed E-state index contributed by atoms with van der Waals surface area (Å²) in [6, 6.07) is 23.5. The third kappa shape index (κ3) is 5.95. The fraction of sp³-hybridized carbons (Fsp3) is 0.0625. The summed E-state index contributed by atoms with van der Waals surface area (Å²) in [6.45, 7) is -0.596. The zero-order valence-corrected chi connectivity index (χ0v) is 23.5. The topological polar surface area (TPSA) is 151 Å². The Morgan fingerprint density at radius 2 is 1.84 bits per heavy atom. The van der Waals surface area contributed by atoms with Crippen molar-refractivity contribution in [3.05, 3.63) is 123 Å². The van der Waals surface area contributed by atoms with Gasteiger partial charge in [-0.15, -0.1) is 0 Å². The van der Waals surface area contributed by atoms with Crippen LogP contribution >= 0.6 is 0 Å². The molecule has 0 aliphatic heterocycles. The molecule has 12 nitrogen and oxygen atoms in total. The van der Waals surface area contributed by atoms with Crippen LogP contribution in [0.3, 0.4) is 0 Å². The number of nitrogens with zero attached hydrogens (tertiary/aromatic N) is 4. The van der Waals surface area contributed by atoms with E-state index in [0.29, 0.717) is 27.9 Å². The fourth-order valence-electron chi connectivity index (χ4n) is 4.59. The maximum absolute atomic E-state index is 13.6. The monoisotopic (exact) mass is 607 g/mol. The van der Waals surface area contributed by atoms with E-state index in [1.54, 1.807) is 36.4 Å². The van der Waals surface area contributed by atoms with E-state index in [-0.39, 0.29) is 22.9 Å². The predicted molar refractivity (Wildman–Crippen MR) is 164 cm³/mol. The summed E-state index contributed by atoms with van der Waals surface area (Å²) in [5, 5.41) is 20.0. The largest absolute Gasteiger partial charge is 0.493 e. The van der Waals surface area contributed by atoms with Crippen molar-refractivity contribution in [2.24, 2.45) is 5.10 Å². The second kappa shape index (κ2) is 12.1. The van der Waals surface area contributed by atoms with Crippen LogP contribution in [0.4, 0.5) is 15.8 Å². The molecule has 0 aliphatic carbocycles. The number of para-hydroxylation sites is 2. The van der Waals surface area contributed by atoms with Gasteiger partial charge in [0.05, 0.1) is 29.2 Å². The Kier molecular flexibility index (Phi) is 7.72. The Morgan fingerprint density at radius 1 is 1.09 bits per heavy atom. The summed E-state index contributed by atoms with van der Waals surface area (Å²) >= 11 is 0. The number of methoxy groups -OCH3 is 1. The number of benzene rings is 4. The maximum Gasteiger partial charge on any atom is 0.315 e. The molecule has 0 unspecified atom stereocenters. The lowest BCUT2D eigenvalue weighted by molar-refractivity contribution is -0.385. The molecular weight excluding hydrogens is 585 g/mol. The molecule has 6 aromatic rings. The Balaban J connectivity index is 1.35. The van der Waals surface area contributed by atoms with Crippen LogP contribution in [0, 0.1) is 15.9 Å². The minimum Gasteiger partial charge on any atom is -0.493 e. The number of carbonyl (C=O) groups excluding carboxylic acids is 1. The number of carbonyl (C=O) groups is 1. The number of nitro benzene ring substituents is 1. The van der Waals surface area contributed by atoms with Crippen molar-refractivity contribution in [2.45, 2.75) is 0 Å². The van der Waals surface area contributed by atoms with Gasteiger partial charge in [-0.25, -0.2) is 9.37 Å². The van der Waals surface area contributed by atoms with Gasteiger partial charge in [0.1, 0.15) is 11.4 Å². The average molecular weight is 608 g/mol. The summed E-state index contributed by atoms with van der Waals surface area (Å²) < 4.78 is 31.0. The Hall–Kier alpha value is -6.37. The molecular formula is C32H22FN5O7. The number of halogens is 1. The molecule has 0 saturated carbocycles. The Bertz CT molecular complexity index is 2140. The Labute approximate surface area is 253 Å². The molecule has 45 heavy (non-hydrogen) atoms. The zero-order valence-electron chi connectivity index (χ0n) is 23.5. The van der Waals surface area contributed by atoms with Crippen molar-refractivity contribution in [3.63, 3.8) is 0 Å². The predicted octanol–water partition coefficient (Wildman–Crippen LogP) is 5.77. The molecule has 0 fully saturated rings. The zero-order chi connectivity index (χ0) is 31.5. The number of furan rings is 1. The molecule has 2 aromatic heterocycles. The van der Waals surface area contributed by atoms with Crippen molar-refractivity contribution in [2.75, 3.05) is 19.0 Å². The quantitative estimate of drug-likeness (QED) is 0.124. The lowest BCUT2D eigenvalue weighted by Crippen LogP contribution is -2.21. The van der Waals surface area contributed by atoms with Crippen LogP contribution in [0.15, 0.2) is 105 Å². The standard InChI is InChI=1S/C32H22FN5O7/c1-43-27-15-19(14-25(38(41)42)30(27)44-18-29(39)35-22-12-10-21(33)11-13-22)17-34-37-31(28-16-20-6-2-5-9-26(20)45-28)36-24-8-4-3-7-23(24)32(37)40/h2-17H,18H2,1H3,(H,35,39). The SMILES string of the molecule is COc1cc(C=Nn2c(-c3cc4ccccc4o3)nc3ccccc3c2=O)cc([N+](=O)[O-])c1OCC(=O)Nc1ccc(F)cc1. The molecule has 2 heterocycles. The van der Waals surface area contributed by atoms with E-state index in [1.165, 1.54) is 49.7 Å². The minimum absolute atomic E-state index is 0.0540. The number of rotatable bonds is 9. The average Bonchev–Trinajstić information content (AvgIpc) is 3.48. The number of nitrogens with one attached hydrogen (secondary N) is 1. The van der Waals surface area contributed by atoms with Gasteiger partial charge in [0.2, 0.25) is 11.6 Å². The number of aromatic nitrogens is 2. The van der Waals surface area contributed by atoms with Crippen molar-refractivity contribution in [1.82, 2.24) is 9.66 Å². The molecule has 0 atom stereocenters. The molecule has 0 radical (unpaired) electrons. The number of ether oxygens (including phenoxy) is 2. The first kappa shape index (κ1) is 28.7. The minimum atomic E-state index is -0.698. The van der Waals surface area contributed by atoms with Crippen LogP contribution in [0.1, 0.15) is 5.56 Å². The number of anilines is 1. The molecule has 0 spiro atoms. The van der Waals surface area contributed by atoms with Gasteiger partial charge in [0, 0.05) is 22.7 Å². The third-order valence-electron chi connectivity index (χ3n) is 6.67. The van der Waals surface area contributed by atoms with Gasteiger partial charge in [0.25, 0.3) is 11.5 Å². The maximum atomic E-state index is 13.6. The highest BCUT2D eigenvalue weighted by atomic mass is 19.1. The highest BCUT2D eigenvalue weighted by Crippen LogP contribution is 2.38. The molecule has 13 heteroatoms. The highest BCUT2D eigenvalue weighted by Gasteiger charge is 2.23. The van der Waals surface area contributed by atoms with Gasteiger partial charge in [-0.3, -0.25) is 19.7 Å². The lowest BCUT2D eigenvalue weighted by Gasteiger charge is -2.12. The first-order valence-electron chi connectivity index (χ1n) is 13.4. The van der Waals surface area contributed by atoms with Crippen LogP contribution in [0.2, 0.25) is 0 Å². The summed E-state index contributed by atoms with van der Waals surface area (Å²) in [4.78, 5) is 41.9. The number of nitro groups is 1. The van der Waals surface area contributed by atoms with Crippen LogP contribution < -0.4 is 20.3 Å². The second-order valence-electron chi connectivity index (χ2n) is 9.63. The molecule has 0 bridgehead atoms. The molecule has 6 rings (SSSR count). The van der Waals surface area contributed by atoms with Gasteiger partial charge < -0.3 is 19.2 Å². The molecule has 4 aromatic carbocycles. The van der Waals surface area contributed by atoms with Crippen LogP contribution in [-0.4, -0.2) is 40.4 Å². The van der Waals surface area contributed by atoms with Gasteiger partial charge in [0.15, 0.2) is 18.1 Å². The fourth-order valence-corrected chi connectivity index (χ4v) is 4.59. The first-order chi connectivity index (χ1) is 21.8. The van der Waals surface area contributed by atoms with Gasteiger partial charge in [-0.05, 0) is 54.6 Å². The smallest absolute Gasteiger partial charge is 0.315 e. The van der Waals surface area contributed by atoms with E-state index < -0.39 is 34.5 Å². The number of hydrogen-bond acceptors (Lipinski definition) is 9. The van der Waals surface area contributed by atoms with E-state index in [1.807, 2.05) is 18.2 Å². The van der Waals surface area contributed by atoms with Crippen molar-refractivity contribution >= 4 is 45.4 Å². The van der Waals surface area contributed by atoms with E-state index in [9.17, 15) is 24.1 Å². The number of hydrogen-bond donors (Lipinski definition) is 1. The van der Waals surface area contributed by atoms with Gasteiger partial charge in [-0.1, -0.05) is 30.3 Å². The van der Waals surface area contributed by atoms with Crippen molar-refractivity contribution < 1.29 is 28.0 Å². The Morgan fingerprint density at radius 3 is 2.60 bits per heavy atom. The molecule has 0 saturated heterocycles. The van der Waals surface area contributed by atoms with Crippen LogP contribution in [-0.2, 0) is 4.79 Å². The summed E-state index contributed by atoms with van der Waals surface area (Å²) in [7, 11) is 1.28. The van der Waals surface area contributed by atoms with Crippen LogP contribution in [0.5, 0.6) is 11.5 Å². The van der Waals surface area contributed by atoms with Crippen molar-refractivity contribution in [3.8, 4) is 23.1 Å². The summed E-state index contributed by atoms with van der Waals surface area (Å²) in [5.74, 6) is -1.03. The number of amides is 1. The van der Waals surface area contributed by atoms with Gasteiger partial charge >= 0.3 is 5.69 Å². The molecule has 0 aliphatic rings. The van der Waals surface area contributed by atoms with Crippen LogP contribution in [0.25, 0.3) is 33.5 Å². The van der Waals surface area contributed by atoms with E-state index in [0.717, 1.165) is 10.1 Å². The second-order valence-corrected chi connectivity index (χ2v) is 9.63.